The third-order valence-electron chi connectivity index (χ3n) is 4.76. The summed E-state index contributed by atoms with van der Waals surface area (Å²) in [5, 5.41) is 0. The monoisotopic (exact) mass is 417 g/mol. The summed E-state index contributed by atoms with van der Waals surface area (Å²) < 4.78 is 1.25. The van der Waals surface area contributed by atoms with Crippen LogP contribution in [0.2, 0.25) is 0 Å². The van der Waals surface area contributed by atoms with Crippen LogP contribution in [0.25, 0.3) is 0 Å². The number of unbranched alkanes of at least 4 members (excludes halogenated alkanes) is 1. The van der Waals surface area contributed by atoms with Crippen molar-refractivity contribution in [1.82, 2.24) is 9.55 Å². The number of hydrogen-bond acceptors (Lipinski definition) is 6. The summed E-state index contributed by atoms with van der Waals surface area (Å²) in [6, 6.07) is 7.33. The van der Waals surface area contributed by atoms with Gasteiger partial charge in [-0.1, -0.05) is 25.5 Å². The lowest BCUT2D eigenvalue weighted by Gasteiger charge is -2.30. The number of H-pyrrole nitrogens is 1. The summed E-state index contributed by atoms with van der Waals surface area (Å²) in [6.07, 6.45) is 1.54. The van der Waals surface area contributed by atoms with Crippen LogP contribution < -0.4 is 26.8 Å². The molecule has 1 aliphatic rings. The van der Waals surface area contributed by atoms with Crippen molar-refractivity contribution in [3.05, 3.63) is 45.1 Å². The number of nitrogens with one attached hydrogen (secondary N) is 1. The van der Waals surface area contributed by atoms with E-state index in [0.29, 0.717) is 18.7 Å². The number of aromatic amines is 1. The summed E-state index contributed by atoms with van der Waals surface area (Å²) in [4.78, 5) is 55.4. The summed E-state index contributed by atoms with van der Waals surface area (Å²) in [5.74, 6) is -0.509. The Kier molecular flexibility index (Phi) is 6.12. The minimum Gasteiger partial charge on any atom is -0.383 e. The molecule has 3 N–H and O–H groups in total. The van der Waals surface area contributed by atoms with Crippen molar-refractivity contribution in [2.75, 3.05) is 34.9 Å². The van der Waals surface area contributed by atoms with Crippen LogP contribution >= 0.6 is 11.8 Å². The van der Waals surface area contributed by atoms with Crippen LogP contribution in [0.15, 0.2) is 38.8 Å². The molecule has 154 valence electrons. The van der Waals surface area contributed by atoms with E-state index in [-0.39, 0.29) is 29.7 Å². The number of fused-ring (bicyclic) bond motifs is 1. The number of nitrogens with zero attached hydrogens (tertiary/aromatic N) is 3. The van der Waals surface area contributed by atoms with Gasteiger partial charge in [0.1, 0.15) is 12.4 Å². The first-order chi connectivity index (χ1) is 13.8. The molecule has 0 unspecified atom stereocenters. The smallest absolute Gasteiger partial charge is 0.330 e. The van der Waals surface area contributed by atoms with Crippen molar-refractivity contribution in [1.29, 1.82) is 0 Å². The number of carbonyl (C=O) groups excluding carboxylic acids is 2. The van der Waals surface area contributed by atoms with Gasteiger partial charge >= 0.3 is 5.69 Å². The first kappa shape index (κ1) is 20.7. The highest BCUT2D eigenvalue weighted by Crippen LogP contribution is 2.34. The highest BCUT2D eigenvalue weighted by molar-refractivity contribution is 8.00. The lowest BCUT2D eigenvalue weighted by atomic mass is 10.2. The van der Waals surface area contributed by atoms with E-state index >= 15 is 0 Å². The molecule has 0 radical (unpaired) electrons. The van der Waals surface area contributed by atoms with Gasteiger partial charge in [0.15, 0.2) is 5.69 Å². The molecule has 1 aliphatic heterocycles. The molecule has 0 saturated heterocycles. The average Bonchev–Trinajstić information content (AvgIpc) is 2.69. The third kappa shape index (κ3) is 4.07. The van der Waals surface area contributed by atoms with E-state index in [1.807, 2.05) is 19.1 Å². The van der Waals surface area contributed by atoms with Crippen LogP contribution in [0.4, 0.5) is 17.2 Å². The van der Waals surface area contributed by atoms with Gasteiger partial charge < -0.3 is 15.5 Å². The van der Waals surface area contributed by atoms with Gasteiger partial charge in [-0.05, 0) is 18.6 Å². The number of nitrogens with two attached hydrogens (primary N) is 1. The Morgan fingerprint density at radius 3 is 2.72 bits per heavy atom. The Hall–Kier alpha value is -3.01. The molecule has 0 fully saturated rings. The van der Waals surface area contributed by atoms with Crippen LogP contribution in [0.5, 0.6) is 0 Å². The van der Waals surface area contributed by atoms with Crippen LogP contribution in [-0.4, -0.2) is 40.7 Å². The van der Waals surface area contributed by atoms with Gasteiger partial charge in [-0.15, -0.1) is 11.8 Å². The zero-order valence-electron chi connectivity index (χ0n) is 16.3. The van der Waals surface area contributed by atoms with E-state index in [9.17, 15) is 19.2 Å². The van der Waals surface area contributed by atoms with Crippen LogP contribution in [0.1, 0.15) is 19.8 Å². The molecular formula is C19H23N5O4S. The first-order valence-electron chi connectivity index (χ1n) is 9.26. The molecule has 9 nitrogen and oxygen atoms in total. The van der Waals surface area contributed by atoms with Gasteiger partial charge in [0.25, 0.3) is 5.56 Å². The molecule has 0 aliphatic carbocycles. The molecule has 3 rings (SSSR count). The molecule has 0 atom stereocenters. The van der Waals surface area contributed by atoms with E-state index in [2.05, 4.69) is 4.98 Å². The number of likely N-dealkylation sites (N-methyl/N-ethyl adjacent to an activating group) is 1. The number of thioether (sulfide) groups is 1. The predicted molar refractivity (Wildman–Crippen MR) is 114 cm³/mol. The quantitative estimate of drug-likeness (QED) is 0.724. The molecule has 1 aromatic heterocycles. The second-order valence-corrected chi connectivity index (χ2v) is 7.70. The largest absolute Gasteiger partial charge is 0.383 e. The molecule has 10 heteroatoms. The van der Waals surface area contributed by atoms with Gasteiger partial charge in [0.05, 0.1) is 11.4 Å². The summed E-state index contributed by atoms with van der Waals surface area (Å²) in [5.41, 5.74) is 5.28. The van der Waals surface area contributed by atoms with Gasteiger partial charge in [-0.3, -0.25) is 23.9 Å². The van der Waals surface area contributed by atoms with Gasteiger partial charge in [-0.2, -0.15) is 0 Å². The topological polar surface area (TPSA) is 121 Å². The highest BCUT2D eigenvalue weighted by atomic mass is 32.2. The fraction of sp³-hybridized carbons (Fsp3) is 0.368. The van der Waals surface area contributed by atoms with Crippen molar-refractivity contribution in [2.24, 2.45) is 0 Å². The second-order valence-electron chi connectivity index (χ2n) is 6.69. The fourth-order valence-electron chi connectivity index (χ4n) is 3.13. The maximum atomic E-state index is 12.9. The third-order valence-corrected chi connectivity index (χ3v) is 5.81. The SMILES string of the molecule is CCCCn1c(N)c(N(C)C(=O)CN2C(=O)CSc3ccccc32)c(=O)[nH]c1=O. The molecule has 29 heavy (non-hydrogen) atoms. The van der Waals surface area contributed by atoms with Gasteiger partial charge in [0, 0.05) is 18.5 Å². The maximum Gasteiger partial charge on any atom is 0.330 e. The summed E-state index contributed by atoms with van der Waals surface area (Å²) in [7, 11) is 1.41. The van der Waals surface area contributed by atoms with E-state index in [4.69, 9.17) is 5.73 Å². The number of hydrogen-bond donors (Lipinski definition) is 2. The van der Waals surface area contributed by atoms with Gasteiger partial charge in [0.2, 0.25) is 11.8 Å². The van der Waals surface area contributed by atoms with Crippen molar-refractivity contribution >= 4 is 40.8 Å². The lowest BCUT2D eigenvalue weighted by Crippen LogP contribution is -2.46. The average molecular weight is 417 g/mol. The molecule has 0 bridgehead atoms. The van der Waals surface area contributed by atoms with Crippen molar-refractivity contribution in [2.45, 2.75) is 31.2 Å². The Balaban J connectivity index is 1.91. The molecule has 0 spiro atoms. The Labute approximate surface area is 171 Å². The number of nitrogen functional groups attached to an aromatic ring is 1. The van der Waals surface area contributed by atoms with Crippen molar-refractivity contribution in [3.63, 3.8) is 0 Å². The molecule has 1 aromatic carbocycles. The standard InChI is InChI=1S/C19H23N5O4S/c1-3-4-9-23-17(20)16(18(27)21-19(23)28)22(2)14(25)10-24-12-7-5-6-8-13(12)29-11-15(24)26/h5-8H,3-4,9-11,20H2,1-2H3,(H,21,27,28). The van der Waals surface area contributed by atoms with E-state index in [0.717, 1.165) is 16.2 Å². The number of anilines is 3. The normalized spacial score (nSPS) is 13.3. The number of amides is 2. The van der Waals surface area contributed by atoms with Crippen molar-refractivity contribution < 1.29 is 9.59 Å². The van der Waals surface area contributed by atoms with Gasteiger partial charge in [-0.25, -0.2) is 4.79 Å². The number of rotatable bonds is 6. The van der Waals surface area contributed by atoms with Crippen LogP contribution in [0.3, 0.4) is 0 Å². The number of carbonyl (C=O) groups is 2. The number of benzene rings is 1. The van der Waals surface area contributed by atoms with Crippen molar-refractivity contribution in [3.8, 4) is 0 Å². The zero-order chi connectivity index (χ0) is 21.1. The molecule has 0 saturated carbocycles. The first-order valence-corrected chi connectivity index (χ1v) is 10.2. The summed E-state index contributed by atoms with van der Waals surface area (Å²) in [6.45, 7) is 2.07. The second kappa shape index (κ2) is 8.56. The molecule has 2 heterocycles. The fourth-order valence-corrected chi connectivity index (χ4v) is 4.07. The van der Waals surface area contributed by atoms with E-state index in [1.165, 1.54) is 28.3 Å². The zero-order valence-corrected chi connectivity index (χ0v) is 17.1. The molecule has 2 aromatic rings. The summed E-state index contributed by atoms with van der Waals surface area (Å²) >= 11 is 1.42. The maximum absolute atomic E-state index is 12.9. The van der Waals surface area contributed by atoms with E-state index in [1.54, 1.807) is 12.1 Å². The minimum atomic E-state index is -0.739. The Morgan fingerprint density at radius 1 is 1.28 bits per heavy atom. The number of aromatic nitrogens is 2. The Bertz CT molecular complexity index is 1060. The lowest BCUT2D eigenvalue weighted by molar-refractivity contribution is -0.121. The van der Waals surface area contributed by atoms with Crippen LogP contribution in [0, 0.1) is 0 Å². The molecular weight excluding hydrogens is 394 g/mol. The number of para-hydroxylation sites is 1. The molecule has 2 amide bonds. The van der Waals surface area contributed by atoms with Crippen LogP contribution in [-0.2, 0) is 16.1 Å². The Morgan fingerprint density at radius 2 is 2.00 bits per heavy atom. The minimum absolute atomic E-state index is 0.0658. The predicted octanol–water partition coefficient (Wildman–Crippen LogP) is 1.02. The van der Waals surface area contributed by atoms with E-state index < -0.39 is 17.2 Å². The highest BCUT2D eigenvalue weighted by Gasteiger charge is 2.29.